The second-order valence-corrected chi connectivity index (χ2v) is 7.35. The van der Waals surface area contributed by atoms with E-state index in [0.29, 0.717) is 0 Å². The maximum atomic E-state index is 12.2. The van der Waals surface area contributed by atoms with Gasteiger partial charge in [-0.1, -0.05) is 38.3 Å². The maximum absolute atomic E-state index is 12.2. The first-order chi connectivity index (χ1) is 10.8. The highest BCUT2D eigenvalue weighted by molar-refractivity contribution is 7.89. The van der Waals surface area contributed by atoms with E-state index in [1.165, 1.54) is 25.5 Å². The number of hydrogen-bond acceptors (Lipinski definition) is 4. The fourth-order valence-corrected chi connectivity index (χ4v) is 3.44. The Morgan fingerprint density at radius 3 is 2.26 bits per heavy atom. The van der Waals surface area contributed by atoms with Crippen molar-refractivity contribution in [3.05, 3.63) is 29.8 Å². The number of aliphatic hydroxyl groups excluding tert-OH is 1. The van der Waals surface area contributed by atoms with Crippen LogP contribution < -0.4 is 4.72 Å². The number of rotatable bonds is 10. The topological polar surface area (TPSA) is 104 Å². The minimum absolute atomic E-state index is 0.0123. The largest absolute Gasteiger partial charge is 0.480 e. The smallest absolute Gasteiger partial charge is 0.324 e. The zero-order valence-electron chi connectivity index (χ0n) is 13.5. The van der Waals surface area contributed by atoms with Crippen LogP contribution in [-0.4, -0.2) is 36.7 Å². The van der Waals surface area contributed by atoms with Crippen LogP contribution in [0.3, 0.4) is 0 Å². The molecule has 0 spiro atoms. The summed E-state index contributed by atoms with van der Waals surface area (Å²) in [4.78, 5) is 11.0. The summed E-state index contributed by atoms with van der Waals surface area (Å²) < 4.78 is 26.4. The van der Waals surface area contributed by atoms with Crippen molar-refractivity contribution in [2.24, 2.45) is 0 Å². The summed E-state index contributed by atoms with van der Waals surface area (Å²) in [5.74, 6) is -1.42. The highest BCUT2D eigenvalue weighted by Crippen LogP contribution is 2.14. The first-order valence-electron chi connectivity index (χ1n) is 7.80. The number of nitrogens with one attached hydrogen (secondary N) is 1. The van der Waals surface area contributed by atoms with Crippen LogP contribution in [0.15, 0.2) is 29.2 Å². The molecule has 6 nitrogen and oxygen atoms in total. The molecule has 0 aliphatic rings. The zero-order valence-corrected chi connectivity index (χ0v) is 14.3. The maximum Gasteiger partial charge on any atom is 0.324 e. The molecule has 0 amide bonds. The first-order valence-corrected chi connectivity index (χ1v) is 9.28. The quantitative estimate of drug-likeness (QED) is 0.563. The molecule has 0 radical (unpaired) electrons. The van der Waals surface area contributed by atoms with Crippen LogP contribution in [0.5, 0.6) is 0 Å². The van der Waals surface area contributed by atoms with E-state index in [1.54, 1.807) is 12.1 Å². The molecule has 2 atom stereocenters. The van der Waals surface area contributed by atoms with Gasteiger partial charge in [0.15, 0.2) is 0 Å². The van der Waals surface area contributed by atoms with Crippen molar-refractivity contribution in [3.8, 4) is 0 Å². The Morgan fingerprint density at radius 1 is 1.17 bits per heavy atom. The van der Waals surface area contributed by atoms with Gasteiger partial charge in [-0.05, 0) is 37.5 Å². The number of carboxylic acid groups (broad SMARTS) is 1. The normalized spacial score (nSPS) is 14.4. The van der Waals surface area contributed by atoms with Crippen LogP contribution in [0, 0.1) is 0 Å². The zero-order chi connectivity index (χ0) is 17.5. The molecule has 0 aliphatic heterocycles. The molecule has 0 heterocycles. The highest BCUT2D eigenvalue weighted by atomic mass is 32.2. The molecule has 2 unspecified atom stereocenters. The number of carboxylic acids is 1. The molecule has 23 heavy (non-hydrogen) atoms. The molecule has 0 saturated heterocycles. The van der Waals surface area contributed by atoms with Gasteiger partial charge in [0.25, 0.3) is 0 Å². The lowest BCUT2D eigenvalue weighted by Crippen LogP contribution is -2.47. The van der Waals surface area contributed by atoms with E-state index >= 15 is 0 Å². The number of sulfonamides is 1. The summed E-state index contributed by atoms with van der Waals surface area (Å²) in [7, 11) is -3.99. The van der Waals surface area contributed by atoms with Crippen molar-refractivity contribution in [2.75, 3.05) is 0 Å². The van der Waals surface area contributed by atoms with Gasteiger partial charge < -0.3 is 10.2 Å². The van der Waals surface area contributed by atoms with Gasteiger partial charge in [0.1, 0.15) is 6.04 Å². The van der Waals surface area contributed by atoms with Crippen molar-refractivity contribution < 1.29 is 23.4 Å². The lowest BCUT2D eigenvalue weighted by molar-refractivity contribution is -0.141. The molecule has 0 saturated carbocycles. The molecule has 1 aromatic carbocycles. The van der Waals surface area contributed by atoms with E-state index in [0.717, 1.165) is 31.2 Å². The third kappa shape index (κ3) is 6.29. The average Bonchev–Trinajstić information content (AvgIpc) is 2.49. The fraction of sp³-hybridized carbons (Fsp3) is 0.562. The van der Waals surface area contributed by atoms with Gasteiger partial charge >= 0.3 is 5.97 Å². The van der Waals surface area contributed by atoms with Crippen LogP contribution >= 0.6 is 0 Å². The van der Waals surface area contributed by atoms with Crippen LogP contribution in [-0.2, 0) is 21.2 Å². The molecule has 0 aromatic heterocycles. The number of aliphatic hydroxyl groups is 1. The molecule has 0 aliphatic carbocycles. The van der Waals surface area contributed by atoms with Crippen molar-refractivity contribution in [1.82, 2.24) is 4.72 Å². The molecule has 1 aromatic rings. The minimum Gasteiger partial charge on any atom is -0.480 e. The SMILES string of the molecule is CCCCCCc1ccc(S(=O)(=O)NC(C(=O)O)C(C)O)cc1. The Hall–Kier alpha value is -1.44. The van der Waals surface area contributed by atoms with E-state index in [1.807, 2.05) is 4.72 Å². The van der Waals surface area contributed by atoms with Gasteiger partial charge in [0.05, 0.1) is 11.0 Å². The van der Waals surface area contributed by atoms with Crippen LogP contribution in [0.4, 0.5) is 0 Å². The molecule has 3 N–H and O–H groups in total. The summed E-state index contributed by atoms with van der Waals surface area (Å²) in [6.45, 7) is 3.37. The molecule has 1 rings (SSSR count). The Labute approximate surface area is 137 Å². The van der Waals surface area contributed by atoms with Crippen LogP contribution in [0.2, 0.25) is 0 Å². The highest BCUT2D eigenvalue weighted by Gasteiger charge is 2.29. The summed E-state index contributed by atoms with van der Waals surface area (Å²) in [6, 6.07) is 4.81. The lowest BCUT2D eigenvalue weighted by Gasteiger charge is -2.17. The minimum atomic E-state index is -3.99. The molecule has 7 heteroatoms. The van der Waals surface area contributed by atoms with E-state index in [4.69, 9.17) is 5.11 Å². The van der Waals surface area contributed by atoms with Crippen LogP contribution in [0.25, 0.3) is 0 Å². The number of aliphatic carboxylic acids is 1. The van der Waals surface area contributed by atoms with Crippen molar-refractivity contribution >= 4 is 16.0 Å². The number of unbranched alkanes of at least 4 members (excludes halogenated alkanes) is 3. The van der Waals surface area contributed by atoms with E-state index in [9.17, 15) is 18.3 Å². The number of carbonyl (C=O) groups is 1. The predicted octanol–water partition coefficient (Wildman–Crippen LogP) is 1.92. The van der Waals surface area contributed by atoms with Crippen LogP contribution in [0.1, 0.15) is 45.1 Å². The van der Waals surface area contributed by atoms with E-state index < -0.39 is 28.1 Å². The summed E-state index contributed by atoms with van der Waals surface area (Å²) >= 11 is 0. The van der Waals surface area contributed by atoms with Gasteiger partial charge in [-0.25, -0.2) is 8.42 Å². The van der Waals surface area contributed by atoms with Gasteiger partial charge in [0.2, 0.25) is 10.0 Å². The predicted molar refractivity (Wildman–Crippen MR) is 87.7 cm³/mol. The molecule has 0 bridgehead atoms. The van der Waals surface area contributed by atoms with E-state index in [-0.39, 0.29) is 4.90 Å². The third-order valence-electron chi connectivity index (χ3n) is 3.58. The Bertz CT molecular complexity index is 595. The number of hydrogen-bond donors (Lipinski definition) is 3. The van der Waals surface area contributed by atoms with Gasteiger partial charge in [-0.15, -0.1) is 0 Å². The number of aryl methyl sites for hydroxylation is 1. The second kappa shape index (κ2) is 9.00. The van der Waals surface area contributed by atoms with Crippen molar-refractivity contribution in [1.29, 1.82) is 0 Å². The second-order valence-electron chi connectivity index (χ2n) is 5.63. The first kappa shape index (κ1) is 19.6. The summed E-state index contributed by atoms with van der Waals surface area (Å²) in [5, 5.41) is 18.3. The number of benzene rings is 1. The summed E-state index contributed by atoms with van der Waals surface area (Å²) in [5.41, 5.74) is 1.05. The monoisotopic (exact) mass is 343 g/mol. The Morgan fingerprint density at radius 2 is 1.78 bits per heavy atom. The average molecular weight is 343 g/mol. The Balaban J connectivity index is 2.75. The molecule has 130 valence electrons. The molecular weight excluding hydrogens is 318 g/mol. The van der Waals surface area contributed by atoms with Gasteiger partial charge in [0, 0.05) is 0 Å². The van der Waals surface area contributed by atoms with E-state index in [2.05, 4.69) is 6.92 Å². The lowest BCUT2D eigenvalue weighted by atomic mass is 10.1. The standard InChI is InChI=1S/C16H25NO5S/c1-3-4-5-6-7-13-8-10-14(11-9-13)23(21,22)17-15(12(2)18)16(19)20/h8-12,15,17-18H,3-7H2,1-2H3,(H,19,20). The van der Waals surface area contributed by atoms with Gasteiger partial charge in [-0.2, -0.15) is 4.72 Å². The Kier molecular flexibility index (Phi) is 7.67. The van der Waals surface area contributed by atoms with Crippen molar-refractivity contribution in [3.63, 3.8) is 0 Å². The third-order valence-corrected chi connectivity index (χ3v) is 5.04. The van der Waals surface area contributed by atoms with Crippen molar-refractivity contribution in [2.45, 2.75) is 63.0 Å². The summed E-state index contributed by atoms with van der Waals surface area (Å²) in [6.07, 6.45) is 4.11. The fourth-order valence-electron chi connectivity index (χ4n) is 2.18. The molecule has 0 fully saturated rings. The molecular formula is C16H25NO5S. The van der Waals surface area contributed by atoms with Gasteiger partial charge in [-0.3, -0.25) is 4.79 Å².